The lowest BCUT2D eigenvalue weighted by Crippen LogP contribution is -2.29. The molecule has 0 aromatic heterocycles. The van der Waals surface area contributed by atoms with E-state index in [0.29, 0.717) is 16.3 Å². The number of hydrogen-bond acceptors (Lipinski definition) is 5. The standard InChI is InChI=1S/C12H19ClNO4PS2/c1-5-17-19(20,18-6-2)14(21(4,15)16)12-8-7-11(13)9-10(12)3/h7-9H,5-6H2,1-4H3. The van der Waals surface area contributed by atoms with Crippen LogP contribution >= 0.6 is 18.2 Å². The van der Waals surface area contributed by atoms with E-state index in [1.54, 1.807) is 39.0 Å². The van der Waals surface area contributed by atoms with Gasteiger partial charge in [-0.25, -0.2) is 8.42 Å². The van der Waals surface area contributed by atoms with Crippen LogP contribution in [0.2, 0.25) is 5.02 Å². The van der Waals surface area contributed by atoms with Crippen LogP contribution in [0.25, 0.3) is 0 Å². The van der Waals surface area contributed by atoms with Gasteiger partial charge in [0.15, 0.2) is 0 Å². The molecule has 0 unspecified atom stereocenters. The van der Waals surface area contributed by atoms with Gasteiger partial charge in [0.1, 0.15) is 0 Å². The number of hydrogen-bond donors (Lipinski definition) is 0. The molecule has 0 fully saturated rings. The molecule has 0 atom stereocenters. The minimum absolute atomic E-state index is 0.260. The van der Waals surface area contributed by atoms with Gasteiger partial charge in [-0.1, -0.05) is 11.6 Å². The Balaban J connectivity index is 3.52. The largest absolute Gasteiger partial charge is 0.313 e. The first-order chi connectivity index (χ1) is 9.65. The summed E-state index contributed by atoms with van der Waals surface area (Å²) in [6.45, 7) is 2.59. The van der Waals surface area contributed by atoms with Gasteiger partial charge < -0.3 is 9.05 Å². The van der Waals surface area contributed by atoms with Crippen LogP contribution in [0.15, 0.2) is 18.2 Å². The third-order valence-corrected chi connectivity index (χ3v) is 8.34. The zero-order chi connectivity index (χ0) is 16.3. The van der Waals surface area contributed by atoms with E-state index in [1.807, 2.05) is 0 Å². The Morgan fingerprint density at radius 1 is 1.29 bits per heavy atom. The first-order valence-electron chi connectivity index (χ1n) is 6.31. The summed E-state index contributed by atoms with van der Waals surface area (Å²) in [6.07, 6.45) is 1.08. The Kier molecular flexibility index (Phi) is 6.65. The molecule has 21 heavy (non-hydrogen) atoms. The maximum atomic E-state index is 12.3. The molecule has 0 N–H and O–H groups in total. The van der Waals surface area contributed by atoms with Crippen LogP contribution in [0, 0.1) is 6.92 Å². The molecule has 9 heteroatoms. The highest BCUT2D eigenvalue weighted by molar-refractivity contribution is 8.17. The lowest BCUT2D eigenvalue weighted by Gasteiger charge is -2.33. The molecule has 0 aliphatic carbocycles. The van der Waals surface area contributed by atoms with Gasteiger partial charge in [0, 0.05) is 5.02 Å². The first-order valence-corrected chi connectivity index (χ1v) is 11.1. The van der Waals surface area contributed by atoms with E-state index in [4.69, 9.17) is 32.5 Å². The molecular weight excluding hydrogens is 353 g/mol. The van der Waals surface area contributed by atoms with Crippen molar-refractivity contribution in [3.8, 4) is 0 Å². The van der Waals surface area contributed by atoms with Crippen molar-refractivity contribution in [2.45, 2.75) is 20.8 Å². The zero-order valence-corrected chi connectivity index (χ0v) is 15.7. The number of nitrogens with zero attached hydrogens (tertiary/aromatic N) is 1. The highest BCUT2D eigenvalue weighted by Crippen LogP contribution is 2.56. The summed E-state index contributed by atoms with van der Waals surface area (Å²) in [4.78, 5) is 0. The molecule has 1 aromatic carbocycles. The van der Waals surface area contributed by atoms with E-state index in [1.165, 1.54) is 0 Å². The van der Waals surface area contributed by atoms with Gasteiger partial charge in [0.05, 0.1) is 25.2 Å². The summed E-state index contributed by atoms with van der Waals surface area (Å²) < 4.78 is 36.6. The molecule has 0 aliphatic rings. The number of rotatable bonds is 7. The van der Waals surface area contributed by atoms with Crippen molar-refractivity contribution >= 4 is 45.8 Å². The Hall–Kier alpha value is -0.170. The van der Waals surface area contributed by atoms with Gasteiger partial charge >= 0.3 is 6.64 Å². The summed E-state index contributed by atoms with van der Waals surface area (Å²) in [6, 6.07) is 4.89. The van der Waals surface area contributed by atoms with E-state index in [2.05, 4.69) is 0 Å². The Morgan fingerprint density at radius 2 is 1.81 bits per heavy atom. The molecule has 0 heterocycles. The molecule has 0 saturated carbocycles. The van der Waals surface area contributed by atoms with Crippen LogP contribution in [0.5, 0.6) is 0 Å². The number of halogens is 1. The highest BCUT2D eigenvalue weighted by Gasteiger charge is 2.36. The smallest absolute Gasteiger partial charge is 0.303 e. The van der Waals surface area contributed by atoms with Gasteiger partial charge in [0.2, 0.25) is 10.0 Å². The molecule has 1 rings (SSSR count). The van der Waals surface area contributed by atoms with Gasteiger partial charge in [-0.3, -0.25) is 0 Å². The normalized spacial score (nSPS) is 12.4. The quantitative estimate of drug-likeness (QED) is 0.684. The zero-order valence-electron chi connectivity index (χ0n) is 12.4. The van der Waals surface area contributed by atoms with E-state index in [9.17, 15) is 8.42 Å². The van der Waals surface area contributed by atoms with E-state index >= 15 is 0 Å². The predicted molar refractivity (Wildman–Crippen MR) is 91.0 cm³/mol. The maximum absolute atomic E-state index is 12.3. The fourth-order valence-electron chi connectivity index (χ4n) is 1.79. The summed E-state index contributed by atoms with van der Waals surface area (Å²) in [5.41, 5.74) is 1.11. The van der Waals surface area contributed by atoms with Crippen LogP contribution in [0.3, 0.4) is 0 Å². The summed E-state index contributed by atoms with van der Waals surface area (Å²) in [5.74, 6) is 0. The van der Waals surface area contributed by atoms with Crippen molar-refractivity contribution in [1.29, 1.82) is 0 Å². The maximum Gasteiger partial charge on any atom is 0.303 e. The molecule has 0 aliphatic heterocycles. The number of aryl methyl sites for hydroxylation is 1. The van der Waals surface area contributed by atoms with Gasteiger partial charge in [-0.15, -0.1) is 0 Å². The molecule has 5 nitrogen and oxygen atoms in total. The van der Waals surface area contributed by atoms with Gasteiger partial charge in [0.25, 0.3) is 0 Å². The van der Waals surface area contributed by atoms with Crippen LogP contribution in [0.4, 0.5) is 5.69 Å². The second-order valence-corrected chi connectivity index (χ2v) is 10.0. The van der Waals surface area contributed by atoms with Crippen molar-refractivity contribution in [2.24, 2.45) is 0 Å². The van der Waals surface area contributed by atoms with Gasteiger partial charge in [-0.2, -0.15) is 4.08 Å². The molecule has 0 radical (unpaired) electrons. The van der Waals surface area contributed by atoms with Gasteiger partial charge in [-0.05, 0) is 56.3 Å². The summed E-state index contributed by atoms with van der Waals surface area (Å²) in [7, 11) is -3.67. The fourth-order valence-corrected chi connectivity index (χ4v) is 7.73. The molecule has 0 bridgehead atoms. The Bertz CT molecular complexity index is 641. The highest BCUT2D eigenvalue weighted by atomic mass is 35.5. The van der Waals surface area contributed by atoms with Crippen LogP contribution in [-0.4, -0.2) is 27.9 Å². The molecule has 1 aromatic rings. The van der Waals surface area contributed by atoms with E-state index < -0.39 is 16.7 Å². The topological polar surface area (TPSA) is 55.8 Å². The minimum atomic E-state index is -3.67. The molecule has 120 valence electrons. The van der Waals surface area contributed by atoms with E-state index in [-0.39, 0.29) is 13.2 Å². The van der Waals surface area contributed by atoms with Crippen LogP contribution < -0.4 is 4.08 Å². The minimum Gasteiger partial charge on any atom is -0.313 e. The second-order valence-electron chi connectivity index (χ2n) is 4.24. The third kappa shape index (κ3) is 4.65. The fraction of sp³-hybridized carbons (Fsp3) is 0.500. The molecular formula is C12H19ClNO4PS2. The van der Waals surface area contributed by atoms with Crippen molar-refractivity contribution in [1.82, 2.24) is 0 Å². The first kappa shape index (κ1) is 18.9. The molecule has 0 spiro atoms. The number of sulfonamides is 1. The second kappa shape index (κ2) is 7.40. The Morgan fingerprint density at radius 3 is 2.19 bits per heavy atom. The molecule has 0 saturated heterocycles. The molecule has 0 amide bonds. The average molecular weight is 372 g/mol. The van der Waals surface area contributed by atoms with E-state index in [0.717, 1.165) is 10.3 Å². The van der Waals surface area contributed by atoms with Crippen molar-refractivity contribution in [3.63, 3.8) is 0 Å². The monoisotopic (exact) mass is 371 g/mol. The number of benzene rings is 1. The summed E-state index contributed by atoms with van der Waals surface area (Å²) in [5, 5.41) is 0.519. The lowest BCUT2D eigenvalue weighted by atomic mass is 10.2. The van der Waals surface area contributed by atoms with Crippen molar-refractivity contribution < 1.29 is 17.5 Å². The predicted octanol–water partition coefficient (Wildman–Crippen LogP) is 3.71. The Labute approximate surface area is 136 Å². The summed E-state index contributed by atoms with van der Waals surface area (Å²) >= 11 is 11.3. The van der Waals surface area contributed by atoms with Crippen molar-refractivity contribution in [3.05, 3.63) is 28.8 Å². The number of anilines is 1. The average Bonchev–Trinajstić information content (AvgIpc) is 2.31. The lowest BCUT2D eigenvalue weighted by molar-refractivity contribution is 0.268. The SMILES string of the molecule is CCOP(=S)(OCC)N(c1ccc(Cl)cc1C)S(C)(=O)=O. The van der Waals surface area contributed by atoms with Crippen molar-refractivity contribution in [2.75, 3.05) is 23.5 Å². The van der Waals surface area contributed by atoms with Crippen LogP contribution in [0.1, 0.15) is 19.4 Å². The third-order valence-electron chi connectivity index (χ3n) is 2.49. The van der Waals surface area contributed by atoms with Crippen LogP contribution in [-0.2, 0) is 30.9 Å².